The molecule has 6 nitrogen and oxygen atoms in total. The number of benzene rings is 1. The molecular weight excluding hydrogens is 419 g/mol. The SMILES string of the molecule is O=C(Nc1nc2c(s1)CN(C(=O)c1cc(Cl)ccc1Cl)CC2)NC1CCCC1. The van der Waals surface area contributed by atoms with Crippen molar-refractivity contribution in [2.24, 2.45) is 0 Å². The van der Waals surface area contributed by atoms with Crippen LogP contribution in [0.5, 0.6) is 0 Å². The lowest BCUT2D eigenvalue weighted by Crippen LogP contribution is -2.36. The van der Waals surface area contributed by atoms with Crippen LogP contribution in [-0.2, 0) is 13.0 Å². The molecule has 3 amide bonds. The van der Waals surface area contributed by atoms with Crippen molar-refractivity contribution in [1.29, 1.82) is 0 Å². The fourth-order valence-electron chi connectivity index (χ4n) is 3.64. The number of hydrogen-bond donors (Lipinski definition) is 2. The second-order valence-corrected chi connectivity index (χ2v) is 9.00. The molecule has 28 heavy (non-hydrogen) atoms. The van der Waals surface area contributed by atoms with Crippen molar-refractivity contribution >= 4 is 51.6 Å². The zero-order valence-corrected chi connectivity index (χ0v) is 17.5. The number of carbonyl (C=O) groups is 2. The Labute approximate surface area is 177 Å². The highest BCUT2D eigenvalue weighted by Crippen LogP contribution is 2.30. The average Bonchev–Trinajstić information content (AvgIpc) is 3.31. The molecule has 0 spiro atoms. The van der Waals surface area contributed by atoms with Gasteiger partial charge in [0.2, 0.25) is 0 Å². The number of amides is 3. The minimum Gasteiger partial charge on any atom is -0.335 e. The van der Waals surface area contributed by atoms with Gasteiger partial charge in [-0.05, 0) is 31.0 Å². The van der Waals surface area contributed by atoms with Crippen molar-refractivity contribution < 1.29 is 9.59 Å². The molecule has 1 aromatic carbocycles. The molecule has 1 aliphatic heterocycles. The second kappa shape index (κ2) is 8.27. The number of carbonyl (C=O) groups excluding carboxylic acids is 2. The van der Waals surface area contributed by atoms with Gasteiger partial charge in [-0.1, -0.05) is 47.4 Å². The minimum atomic E-state index is -0.211. The zero-order chi connectivity index (χ0) is 19.7. The number of fused-ring (bicyclic) bond motifs is 1. The summed E-state index contributed by atoms with van der Waals surface area (Å²) in [6, 6.07) is 4.92. The molecule has 9 heteroatoms. The van der Waals surface area contributed by atoms with Gasteiger partial charge < -0.3 is 10.2 Å². The summed E-state index contributed by atoms with van der Waals surface area (Å²) in [6.07, 6.45) is 5.03. The summed E-state index contributed by atoms with van der Waals surface area (Å²) >= 11 is 13.6. The number of urea groups is 1. The molecule has 1 fully saturated rings. The quantitative estimate of drug-likeness (QED) is 0.727. The fraction of sp³-hybridized carbons (Fsp3) is 0.421. The van der Waals surface area contributed by atoms with Gasteiger partial charge in [0.05, 0.1) is 22.8 Å². The largest absolute Gasteiger partial charge is 0.335 e. The standard InChI is InChI=1S/C19H20Cl2N4O2S/c20-11-5-6-14(21)13(9-11)17(26)25-8-7-15-16(10-25)28-19(23-15)24-18(27)22-12-3-1-2-4-12/h5-6,9,12H,1-4,7-8,10H2,(H2,22,23,24,27). The van der Waals surface area contributed by atoms with Gasteiger partial charge in [0.25, 0.3) is 5.91 Å². The summed E-state index contributed by atoms with van der Waals surface area (Å²) in [5, 5.41) is 7.25. The molecule has 0 atom stereocenters. The molecule has 148 valence electrons. The van der Waals surface area contributed by atoms with Crippen LogP contribution in [0.4, 0.5) is 9.93 Å². The Balaban J connectivity index is 1.42. The first-order chi connectivity index (χ1) is 13.5. The Morgan fingerprint density at radius 2 is 2.00 bits per heavy atom. The van der Waals surface area contributed by atoms with Gasteiger partial charge in [-0.2, -0.15) is 0 Å². The van der Waals surface area contributed by atoms with Gasteiger partial charge in [0.15, 0.2) is 5.13 Å². The van der Waals surface area contributed by atoms with Gasteiger partial charge in [-0.25, -0.2) is 9.78 Å². The summed E-state index contributed by atoms with van der Waals surface area (Å²) in [5.41, 5.74) is 1.33. The van der Waals surface area contributed by atoms with Gasteiger partial charge in [-0.15, -0.1) is 0 Å². The summed E-state index contributed by atoms with van der Waals surface area (Å²) in [6.45, 7) is 0.993. The Bertz CT molecular complexity index is 911. The van der Waals surface area contributed by atoms with Gasteiger partial charge in [0.1, 0.15) is 0 Å². The number of thiazole rings is 1. The van der Waals surface area contributed by atoms with Gasteiger partial charge in [0, 0.05) is 28.9 Å². The molecule has 2 aliphatic rings. The van der Waals surface area contributed by atoms with Crippen molar-refractivity contribution in [1.82, 2.24) is 15.2 Å². The minimum absolute atomic E-state index is 0.153. The molecule has 0 radical (unpaired) electrons. The van der Waals surface area contributed by atoms with Gasteiger partial charge in [-0.3, -0.25) is 10.1 Å². The van der Waals surface area contributed by atoms with E-state index in [1.165, 1.54) is 11.3 Å². The number of hydrogen-bond acceptors (Lipinski definition) is 4. The van der Waals surface area contributed by atoms with Crippen LogP contribution >= 0.6 is 34.5 Å². The van der Waals surface area contributed by atoms with Crippen LogP contribution < -0.4 is 10.6 Å². The molecule has 2 N–H and O–H groups in total. The highest BCUT2D eigenvalue weighted by Gasteiger charge is 2.27. The predicted molar refractivity (Wildman–Crippen MR) is 111 cm³/mol. The van der Waals surface area contributed by atoms with Crippen LogP contribution in [0.15, 0.2) is 18.2 Å². The van der Waals surface area contributed by atoms with Crippen LogP contribution in [-0.4, -0.2) is 34.4 Å². The van der Waals surface area contributed by atoms with E-state index in [-0.39, 0.29) is 18.0 Å². The lowest BCUT2D eigenvalue weighted by atomic mass is 10.1. The smallest absolute Gasteiger partial charge is 0.321 e. The van der Waals surface area contributed by atoms with E-state index in [0.29, 0.717) is 40.3 Å². The van der Waals surface area contributed by atoms with Crippen molar-refractivity contribution in [3.05, 3.63) is 44.4 Å². The van der Waals surface area contributed by atoms with Crippen LogP contribution in [0, 0.1) is 0 Å². The van der Waals surface area contributed by atoms with Crippen LogP contribution in [0.2, 0.25) is 10.0 Å². The maximum absolute atomic E-state index is 12.8. The molecule has 0 unspecified atom stereocenters. The maximum Gasteiger partial charge on any atom is 0.321 e. The van der Waals surface area contributed by atoms with E-state index < -0.39 is 0 Å². The fourth-order valence-corrected chi connectivity index (χ4v) is 5.03. The molecule has 0 saturated heterocycles. The third kappa shape index (κ3) is 4.26. The molecular formula is C19H20Cl2N4O2S. The van der Waals surface area contributed by atoms with Crippen LogP contribution in [0.3, 0.4) is 0 Å². The lowest BCUT2D eigenvalue weighted by Gasteiger charge is -2.26. The van der Waals surface area contributed by atoms with Crippen molar-refractivity contribution in [2.45, 2.75) is 44.7 Å². The zero-order valence-electron chi connectivity index (χ0n) is 15.1. The first kappa shape index (κ1) is 19.5. The topological polar surface area (TPSA) is 74.3 Å². The third-order valence-corrected chi connectivity index (χ3v) is 6.65. The second-order valence-electron chi connectivity index (χ2n) is 7.07. The summed E-state index contributed by atoms with van der Waals surface area (Å²) in [4.78, 5) is 32.3. The number of rotatable bonds is 3. The van der Waals surface area contributed by atoms with E-state index in [1.54, 1.807) is 23.1 Å². The molecule has 4 rings (SSSR count). The molecule has 1 saturated carbocycles. The molecule has 1 aromatic heterocycles. The Morgan fingerprint density at radius 1 is 1.21 bits per heavy atom. The molecule has 1 aliphatic carbocycles. The summed E-state index contributed by atoms with van der Waals surface area (Å²) < 4.78 is 0. The molecule has 2 aromatic rings. The van der Waals surface area contributed by atoms with E-state index in [0.717, 1.165) is 36.3 Å². The van der Waals surface area contributed by atoms with E-state index in [4.69, 9.17) is 23.2 Å². The van der Waals surface area contributed by atoms with E-state index in [2.05, 4.69) is 15.6 Å². The number of nitrogens with one attached hydrogen (secondary N) is 2. The number of halogens is 2. The van der Waals surface area contributed by atoms with E-state index in [9.17, 15) is 9.59 Å². The predicted octanol–water partition coefficient (Wildman–Crippen LogP) is 4.71. The average molecular weight is 439 g/mol. The Morgan fingerprint density at radius 3 is 2.79 bits per heavy atom. The number of anilines is 1. The Kier molecular flexibility index (Phi) is 5.75. The van der Waals surface area contributed by atoms with E-state index in [1.807, 2.05) is 0 Å². The summed E-state index contributed by atoms with van der Waals surface area (Å²) in [5.74, 6) is -0.153. The normalized spacial score (nSPS) is 16.7. The molecule has 2 heterocycles. The first-order valence-corrected chi connectivity index (χ1v) is 10.9. The first-order valence-electron chi connectivity index (χ1n) is 9.30. The monoisotopic (exact) mass is 438 g/mol. The number of aromatic nitrogens is 1. The maximum atomic E-state index is 12.8. The highest BCUT2D eigenvalue weighted by atomic mass is 35.5. The van der Waals surface area contributed by atoms with Crippen LogP contribution in [0.25, 0.3) is 0 Å². The third-order valence-electron chi connectivity index (χ3n) is 5.09. The van der Waals surface area contributed by atoms with Crippen molar-refractivity contribution in [3.63, 3.8) is 0 Å². The van der Waals surface area contributed by atoms with Crippen molar-refractivity contribution in [3.8, 4) is 0 Å². The van der Waals surface area contributed by atoms with Crippen LogP contribution in [0.1, 0.15) is 46.6 Å². The van der Waals surface area contributed by atoms with E-state index >= 15 is 0 Å². The lowest BCUT2D eigenvalue weighted by molar-refractivity contribution is 0.0736. The summed E-state index contributed by atoms with van der Waals surface area (Å²) in [7, 11) is 0. The Hall–Kier alpha value is -1.83. The number of nitrogens with zero attached hydrogens (tertiary/aromatic N) is 2. The molecule has 0 bridgehead atoms. The highest BCUT2D eigenvalue weighted by molar-refractivity contribution is 7.15. The van der Waals surface area contributed by atoms with Gasteiger partial charge >= 0.3 is 6.03 Å². The van der Waals surface area contributed by atoms with Crippen molar-refractivity contribution in [2.75, 3.05) is 11.9 Å².